The Balaban J connectivity index is 1.92. The average Bonchev–Trinajstić information content (AvgIpc) is 2.85. The molecule has 1 aliphatic rings. The third-order valence-electron chi connectivity index (χ3n) is 3.39. The molecular formula is C11H19N5O3S. The number of hydrogen-bond acceptors (Lipinski definition) is 5. The molecule has 1 aromatic rings. The van der Waals surface area contributed by atoms with Gasteiger partial charge < -0.3 is 10.6 Å². The van der Waals surface area contributed by atoms with Gasteiger partial charge in [-0.2, -0.15) is 5.10 Å². The molecule has 112 valence electrons. The molecule has 9 heteroatoms. The van der Waals surface area contributed by atoms with Crippen molar-refractivity contribution in [2.75, 3.05) is 24.6 Å². The van der Waals surface area contributed by atoms with Gasteiger partial charge in [0.25, 0.3) is 5.91 Å². The molecule has 8 nitrogen and oxygen atoms in total. The van der Waals surface area contributed by atoms with E-state index in [1.807, 2.05) is 0 Å². The first-order chi connectivity index (χ1) is 9.43. The molecule has 0 aromatic carbocycles. The predicted octanol–water partition coefficient (Wildman–Crippen LogP) is -0.464. The van der Waals surface area contributed by atoms with Crippen LogP contribution in [0.5, 0.6) is 0 Å². The van der Waals surface area contributed by atoms with Crippen LogP contribution in [0, 0.1) is 0 Å². The Morgan fingerprint density at radius 3 is 2.70 bits per heavy atom. The minimum Gasteiger partial charge on any atom is -0.396 e. The van der Waals surface area contributed by atoms with E-state index in [9.17, 15) is 13.2 Å². The van der Waals surface area contributed by atoms with E-state index in [-0.39, 0.29) is 23.4 Å². The van der Waals surface area contributed by atoms with Gasteiger partial charge >= 0.3 is 0 Å². The van der Waals surface area contributed by atoms with Crippen molar-refractivity contribution in [1.82, 2.24) is 19.8 Å². The number of anilines is 1. The second-order valence-electron chi connectivity index (χ2n) is 4.79. The van der Waals surface area contributed by atoms with Crippen LogP contribution in [0.4, 0.5) is 5.69 Å². The molecule has 2 rings (SSSR count). The fourth-order valence-corrected chi connectivity index (χ4v) is 3.07. The fraction of sp³-hybridized carbons (Fsp3) is 0.636. The minimum atomic E-state index is -3.20. The molecular weight excluding hydrogens is 282 g/mol. The number of aromatic nitrogens is 2. The third kappa shape index (κ3) is 3.28. The average molecular weight is 301 g/mol. The standard InChI is InChI=1S/C11H19N5O3S/c1-2-20(18,19)15-8-3-5-16(6-4-8)11(17)10-9(12)7-13-14-10/h7-8,15H,2-6,12H2,1H3,(H,13,14). The highest BCUT2D eigenvalue weighted by atomic mass is 32.2. The zero-order chi connectivity index (χ0) is 14.8. The maximum Gasteiger partial charge on any atom is 0.274 e. The van der Waals surface area contributed by atoms with Gasteiger partial charge in [-0.25, -0.2) is 13.1 Å². The Labute approximate surface area is 117 Å². The zero-order valence-electron chi connectivity index (χ0n) is 11.3. The van der Waals surface area contributed by atoms with Crippen molar-refractivity contribution in [3.05, 3.63) is 11.9 Å². The van der Waals surface area contributed by atoms with Gasteiger partial charge in [-0.1, -0.05) is 0 Å². The summed E-state index contributed by atoms with van der Waals surface area (Å²) in [5, 5.41) is 6.31. The van der Waals surface area contributed by atoms with Crippen molar-refractivity contribution < 1.29 is 13.2 Å². The lowest BCUT2D eigenvalue weighted by molar-refractivity contribution is 0.0706. The predicted molar refractivity (Wildman–Crippen MR) is 74.5 cm³/mol. The van der Waals surface area contributed by atoms with E-state index in [2.05, 4.69) is 14.9 Å². The number of nitrogens with zero attached hydrogens (tertiary/aromatic N) is 2. The molecule has 0 unspecified atom stereocenters. The van der Waals surface area contributed by atoms with Crippen molar-refractivity contribution in [2.45, 2.75) is 25.8 Å². The van der Waals surface area contributed by atoms with Crippen molar-refractivity contribution in [1.29, 1.82) is 0 Å². The topological polar surface area (TPSA) is 121 Å². The fourth-order valence-electron chi connectivity index (χ4n) is 2.16. The summed E-state index contributed by atoms with van der Waals surface area (Å²) in [5.41, 5.74) is 6.26. The number of rotatable bonds is 4. The van der Waals surface area contributed by atoms with Crippen LogP contribution in [0.3, 0.4) is 0 Å². The van der Waals surface area contributed by atoms with Crippen LogP contribution >= 0.6 is 0 Å². The number of nitrogens with two attached hydrogens (primary N) is 1. The Bertz CT molecular complexity index is 575. The molecule has 0 aliphatic carbocycles. The van der Waals surface area contributed by atoms with Crippen molar-refractivity contribution >= 4 is 21.6 Å². The molecule has 0 spiro atoms. The Morgan fingerprint density at radius 2 is 2.20 bits per heavy atom. The monoisotopic (exact) mass is 301 g/mol. The lowest BCUT2D eigenvalue weighted by atomic mass is 10.1. The molecule has 0 bridgehead atoms. The summed E-state index contributed by atoms with van der Waals surface area (Å²) in [7, 11) is -3.20. The Hall–Kier alpha value is -1.61. The number of nitrogen functional groups attached to an aromatic ring is 1. The molecule has 1 fully saturated rings. The van der Waals surface area contributed by atoms with E-state index in [1.165, 1.54) is 6.20 Å². The van der Waals surface area contributed by atoms with Crippen molar-refractivity contribution in [3.63, 3.8) is 0 Å². The summed E-state index contributed by atoms with van der Waals surface area (Å²) in [6.45, 7) is 2.59. The van der Waals surface area contributed by atoms with Crippen LogP contribution in [0.1, 0.15) is 30.3 Å². The van der Waals surface area contributed by atoms with Gasteiger partial charge in [0, 0.05) is 19.1 Å². The van der Waals surface area contributed by atoms with E-state index < -0.39 is 10.0 Å². The van der Waals surface area contributed by atoms with Crippen LogP contribution in [0.15, 0.2) is 6.20 Å². The first-order valence-electron chi connectivity index (χ1n) is 6.51. The number of carbonyl (C=O) groups is 1. The molecule has 1 aliphatic heterocycles. The number of piperidine rings is 1. The van der Waals surface area contributed by atoms with Gasteiger partial charge in [-0.05, 0) is 19.8 Å². The van der Waals surface area contributed by atoms with Crippen molar-refractivity contribution in [2.24, 2.45) is 0 Å². The first-order valence-corrected chi connectivity index (χ1v) is 8.16. The molecule has 0 saturated carbocycles. The van der Waals surface area contributed by atoms with E-state index in [0.717, 1.165) is 0 Å². The molecule has 1 aromatic heterocycles. The summed E-state index contributed by atoms with van der Waals surface area (Å²) in [5.74, 6) is -0.131. The van der Waals surface area contributed by atoms with Crippen LogP contribution in [0.25, 0.3) is 0 Å². The van der Waals surface area contributed by atoms with Gasteiger partial charge in [-0.15, -0.1) is 0 Å². The van der Waals surface area contributed by atoms with Crippen LogP contribution in [-0.4, -0.2) is 54.3 Å². The molecule has 4 N–H and O–H groups in total. The summed E-state index contributed by atoms with van der Waals surface area (Å²) < 4.78 is 25.6. The van der Waals surface area contributed by atoms with Gasteiger partial charge in [0.2, 0.25) is 10.0 Å². The summed E-state index contributed by atoms with van der Waals surface area (Å²) in [6.07, 6.45) is 2.59. The smallest absolute Gasteiger partial charge is 0.274 e. The molecule has 20 heavy (non-hydrogen) atoms. The normalized spacial score (nSPS) is 17.4. The lowest BCUT2D eigenvalue weighted by Crippen LogP contribution is -2.47. The van der Waals surface area contributed by atoms with Gasteiger partial charge in [0.1, 0.15) is 5.69 Å². The third-order valence-corrected chi connectivity index (χ3v) is 4.84. The molecule has 0 atom stereocenters. The molecule has 2 heterocycles. The lowest BCUT2D eigenvalue weighted by Gasteiger charge is -2.31. The summed E-state index contributed by atoms with van der Waals surface area (Å²) in [6, 6.07) is -0.108. The maximum atomic E-state index is 12.2. The first kappa shape index (κ1) is 14.8. The highest BCUT2D eigenvalue weighted by Gasteiger charge is 2.27. The molecule has 1 saturated heterocycles. The number of nitrogens with one attached hydrogen (secondary N) is 2. The van der Waals surface area contributed by atoms with Crippen LogP contribution in [-0.2, 0) is 10.0 Å². The van der Waals surface area contributed by atoms with Gasteiger partial charge in [0.05, 0.1) is 17.6 Å². The second-order valence-corrected chi connectivity index (χ2v) is 6.83. The van der Waals surface area contributed by atoms with Gasteiger partial charge in [0.15, 0.2) is 0 Å². The Morgan fingerprint density at radius 1 is 1.55 bits per heavy atom. The second kappa shape index (κ2) is 5.80. The van der Waals surface area contributed by atoms with Gasteiger partial charge in [-0.3, -0.25) is 9.89 Å². The largest absolute Gasteiger partial charge is 0.396 e. The van der Waals surface area contributed by atoms with E-state index >= 15 is 0 Å². The molecule has 1 amide bonds. The quantitative estimate of drug-likeness (QED) is 0.694. The maximum absolute atomic E-state index is 12.2. The molecule has 0 radical (unpaired) electrons. The van der Waals surface area contributed by atoms with Crippen molar-refractivity contribution in [3.8, 4) is 0 Å². The number of aromatic amines is 1. The highest BCUT2D eigenvalue weighted by molar-refractivity contribution is 7.89. The number of likely N-dealkylation sites (tertiary alicyclic amines) is 1. The summed E-state index contributed by atoms with van der Waals surface area (Å²) >= 11 is 0. The number of carbonyl (C=O) groups excluding carboxylic acids is 1. The van der Waals surface area contributed by atoms with Crippen LogP contribution in [0.2, 0.25) is 0 Å². The minimum absolute atomic E-state index is 0.0663. The Kier molecular flexibility index (Phi) is 4.29. The van der Waals surface area contributed by atoms with Crippen LogP contribution < -0.4 is 10.5 Å². The SMILES string of the molecule is CCS(=O)(=O)NC1CCN(C(=O)c2[nH]ncc2N)CC1. The summed E-state index contributed by atoms with van der Waals surface area (Å²) in [4.78, 5) is 13.8. The number of hydrogen-bond donors (Lipinski definition) is 3. The van der Waals surface area contributed by atoms with E-state index in [1.54, 1.807) is 11.8 Å². The van der Waals surface area contributed by atoms with E-state index in [0.29, 0.717) is 31.6 Å². The zero-order valence-corrected chi connectivity index (χ0v) is 12.1. The number of sulfonamides is 1. The van der Waals surface area contributed by atoms with E-state index in [4.69, 9.17) is 5.73 Å². The number of H-pyrrole nitrogens is 1. The number of amides is 1. The highest BCUT2D eigenvalue weighted by Crippen LogP contribution is 2.16.